The van der Waals surface area contributed by atoms with Crippen LogP contribution in [0.5, 0.6) is 0 Å². The molecule has 0 bridgehead atoms. The number of nitrogens with one attached hydrogen (secondary N) is 1. The predicted molar refractivity (Wildman–Crippen MR) is 115 cm³/mol. The Kier molecular flexibility index (Phi) is 4.64. The van der Waals surface area contributed by atoms with E-state index in [1.807, 2.05) is 11.6 Å². The van der Waals surface area contributed by atoms with Gasteiger partial charge in [-0.05, 0) is 74.5 Å². The fraction of sp³-hybridized carbons (Fsp3) is 0.286. The van der Waals surface area contributed by atoms with Crippen molar-refractivity contribution in [2.45, 2.75) is 43.5 Å². The van der Waals surface area contributed by atoms with Gasteiger partial charge in [-0.3, -0.25) is 4.72 Å². The highest BCUT2D eigenvalue weighted by atomic mass is 32.2. The van der Waals surface area contributed by atoms with Crippen LogP contribution in [0.1, 0.15) is 36.0 Å². The van der Waals surface area contributed by atoms with Crippen molar-refractivity contribution in [3.8, 4) is 5.13 Å². The van der Waals surface area contributed by atoms with Crippen LogP contribution in [0.3, 0.4) is 0 Å². The Hall–Kier alpha value is -2.29. The molecule has 29 heavy (non-hydrogen) atoms. The van der Waals surface area contributed by atoms with Crippen molar-refractivity contribution in [2.24, 2.45) is 0 Å². The summed E-state index contributed by atoms with van der Waals surface area (Å²) < 4.78 is 18.7. The molecule has 0 radical (unpaired) electrons. The van der Waals surface area contributed by atoms with E-state index in [0.29, 0.717) is 6.42 Å². The summed E-state index contributed by atoms with van der Waals surface area (Å²) in [5, 5.41) is 16.0. The molecule has 5 nitrogen and oxygen atoms in total. The lowest BCUT2D eigenvalue weighted by Gasteiger charge is -2.10. The fourth-order valence-corrected chi connectivity index (χ4v) is 4.67. The molecule has 2 aromatic heterocycles. The van der Waals surface area contributed by atoms with Gasteiger partial charge >= 0.3 is 0 Å². The van der Waals surface area contributed by atoms with Gasteiger partial charge in [0.15, 0.2) is 0 Å². The first kappa shape index (κ1) is 18.7. The standard InChI is InChI=1S/C21H20FN5S2/c1-13-23-24-20(28-13)27-19-12-16(29-26-21(2)9-10-21)7-8-17(19)18(25-27)11-14-3-5-15(22)6-4-14/h3-8,12,26H,9-11H2,1-2H3. The number of aryl methyl sites for hydroxylation is 1. The van der Waals surface area contributed by atoms with E-state index in [-0.39, 0.29) is 11.4 Å². The van der Waals surface area contributed by atoms with Crippen molar-refractivity contribution < 1.29 is 4.39 Å². The van der Waals surface area contributed by atoms with Crippen molar-refractivity contribution in [1.29, 1.82) is 0 Å². The first-order chi connectivity index (χ1) is 14.0. The van der Waals surface area contributed by atoms with Crippen LogP contribution in [0.15, 0.2) is 47.4 Å². The van der Waals surface area contributed by atoms with Gasteiger partial charge in [-0.1, -0.05) is 23.5 Å². The maximum atomic E-state index is 13.3. The number of hydrogen-bond donors (Lipinski definition) is 1. The fourth-order valence-electron chi connectivity index (χ4n) is 3.14. The highest BCUT2D eigenvalue weighted by Gasteiger charge is 2.37. The van der Waals surface area contributed by atoms with E-state index in [4.69, 9.17) is 5.10 Å². The molecule has 8 heteroatoms. The minimum Gasteiger partial charge on any atom is -0.254 e. The van der Waals surface area contributed by atoms with E-state index in [1.54, 1.807) is 24.1 Å². The smallest absolute Gasteiger partial charge is 0.233 e. The van der Waals surface area contributed by atoms with E-state index in [9.17, 15) is 4.39 Å². The Bertz CT molecular complexity index is 1180. The van der Waals surface area contributed by atoms with Gasteiger partial charge in [0.2, 0.25) is 5.13 Å². The number of benzene rings is 2. The largest absolute Gasteiger partial charge is 0.254 e. The molecular formula is C21H20FN5S2. The number of halogens is 1. The van der Waals surface area contributed by atoms with Gasteiger partial charge < -0.3 is 0 Å². The summed E-state index contributed by atoms with van der Waals surface area (Å²) in [4.78, 5) is 1.14. The van der Waals surface area contributed by atoms with Crippen molar-refractivity contribution in [2.75, 3.05) is 0 Å². The van der Waals surface area contributed by atoms with Crippen LogP contribution in [0.4, 0.5) is 4.39 Å². The Labute approximate surface area is 176 Å². The van der Waals surface area contributed by atoms with Crippen molar-refractivity contribution in [3.63, 3.8) is 0 Å². The van der Waals surface area contributed by atoms with Crippen LogP contribution in [0, 0.1) is 12.7 Å². The van der Waals surface area contributed by atoms with Gasteiger partial charge in [0, 0.05) is 22.2 Å². The molecule has 0 saturated heterocycles. The van der Waals surface area contributed by atoms with Gasteiger partial charge in [0.25, 0.3) is 0 Å². The molecule has 0 atom stereocenters. The molecular weight excluding hydrogens is 405 g/mol. The van der Waals surface area contributed by atoms with Crippen LogP contribution in [0.25, 0.3) is 16.0 Å². The molecule has 0 spiro atoms. The molecule has 2 heterocycles. The van der Waals surface area contributed by atoms with Crippen LogP contribution < -0.4 is 4.72 Å². The van der Waals surface area contributed by atoms with E-state index in [0.717, 1.165) is 37.2 Å². The normalized spacial score (nSPS) is 15.1. The van der Waals surface area contributed by atoms with Crippen molar-refractivity contribution in [1.82, 2.24) is 24.7 Å². The summed E-state index contributed by atoms with van der Waals surface area (Å²) in [6.07, 6.45) is 3.06. The Morgan fingerprint density at radius 3 is 2.66 bits per heavy atom. The summed E-state index contributed by atoms with van der Waals surface area (Å²) in [6, 6.07) is 13.0. The Morgan fingerprint density at radius 1 is 1.17 bits per heavy atom. The molecule has 4 aromatic rings. The zero-order valence-electron chi connectivity index (χ0n) is 16.1. The van der Waals surface area contributed by atoms with Crippen LogP contribution in [-0.2, 0) is 6.42 Å². The maximum Gasteiger partial charge on any atom is 0.233 e. The third-order valence-corrected chi connectivity index (χ3v) is 7.02. The number of nitrogens with zero attached hydrogens (tertiary/aromatic N) is 4. The van der Waals surface area contributed by atoms with E-state index in [1.165, 1.54) is 36.3 Å². The SMILES string of the molecule is Cc1nnc(-n2nc(Cc3ccc(F)cc3)c3ccc(SNC4(C)CC4)cc32)s1. The minimum absolute atomic E-state index is 0.230. The van der Waals surface area contributed by atoms with Crippen LogP contribution >= 0.6 is 23.3 Å². The molecule has 0 aliphatic heterocycles. The molecule has 0 unspecified atom stereocenters. The van der Waals surface area contributed by atoms with Crippen LogP contribution in [0.2, 0.25) is 0 Å². The second-order valence-corrected chi connectivity index (χ2v) is 9.75. The minimum atomic E-state index is -0.230. The molecule has 1 saturated carbocycles. The number of hydrogen-bond acceptors (Lipinski definition) is 6. The second kappa shape index (κ2) is 7.19. The van der Waals surface area contributed by atoms with E-state index >= 15 is 0 Å². The first-order valence-corrected chi connectivity index (χ1v) is 11.1. The molecule has 0 amide bonds. The van der Waals surface area contributed by atoms with E-state index < -0.39 is 0 Å². The summed E-state index contributed by atoms with van der Waals surface area (Å²) in [7, 11) is 0. The Morgan fingerprint density at radius 2 is 1.97 bits per heavy atom. The highest BCUT2D eigenvalue weighted by Crippen LogP contribution is 2.38. The predicted octanol–water partition coefficient (Wildman–Crippen LogP) is 5.06. The first-order valence-electron chi connectivity index (χ1n) is 9.50. The summed E-state index contributed by atoms with van der Waals surface area (Å²) in [5.41, 5.74) is 3.22. The van der Waals surface area contributed by atoms with Gasteiger partial charge in [-0.2, -0.15) is 5.10 Å². The monoisotopic (exact) mass is 425 g/mol. The van der Waals surface area contributed by atoms with E-state index in [2.05, 4.69) is 40.0 Å². The number of fused-ring (bicyclic) bond motifs is 1. The van der Waals surface area contributed by atoms with Gasteiger partial charge in [0.05, 0.1) is 11.2 Å². The number of aromatic nitrogens is 4. The number of rotatable bonds is 6. The topological polar surface area (TPSA) is 55.6 Å². The average Bonchev–Trinajstić information content (AvgIpc) is 3.13. The quantitative estimate of drug-likeness (QED) is 0.438. The van der Waals surface area contributed by atoms with Crippen molar-refractivity contribution >= 4 is 34.2 Å². The lowest BCUT2D eigenvalue weighted by molar-refractivity contribution is 0.627. The molecule has 5 rings (SSSR count). The molecule has 1 fully saturated rings. The van der Waals surface area contributed by atoms with Gasteiger partial charge in [-0.15, -0.1) is 10.2 Å². The molecule has 148 valence electrons. The third kappa shape index (κ3) is 3.92. The summed E-state index contributed by atoms with van der Waals surface area (Å²) in [6.45, 7) is 4.18. The Balaban J connectivity index is 1.55. The third-order valence-electron chi connectivity index (χ3n) is 5.13. The zero-order valence-corrected chi connectivity index (χ0v) is 17.8. The summed E-state index contributed by atoms with van der Waals surface area (Å²) >= 11 is 3.18. The molecule has 1 aliphatic carbocycles. The zero-order chi connectivity index (χ0) is 20.0. The average molecular weight is 426 g/mol. The highest BCUT2D eigenvalue weighted by molar-refractivity contribution is 7.97. The van der Waals surface area contributed by atoms with Crippen molar-refractivity contribution in [3.05, 3.63) is 64.5 Å². The second-order valence-electron chi connectivity index (χ2n) is 7.71. The molecule has 2 aromatic carbocycles. The van der Waals surface area contributed by atoms with Crippen LogP contribution in [-0.4, -0.2) is 25.5 Å². The molecule has 1 aliphatic rings. The summed E-state index contributed by atoms with van der Waals surface area (Å²) in [5.74, 6) is -0.230. The molecule has 1 N–H and O–H groups in total. The maximum absolute atomic E-state index is 13.3. The lowest BCUT2D eigenvalue weighted by atomic mass is 10.1. The van der Waals surface area contributed by atoms with Gasteiger partial charge in [-0.25, -0.2) is 9.07 Å². The lowest BCUT2D eigenvalue weighted by Crippen LogP contribution is -2.19. The van der Waals surface area contributed by atoms with Gasteiger partial charge in [0.1, 0.15) is 10.8 Å².